The number of benzene rings is 1. The maximum Gasteiger partial charge on any atom is 0.434 e. The molecular weight excluding hydrogens is 335 g/mol. The van der Waals surface area contributed by atoms with E-state index in [9.17, 15) is 18.0 Å². The zero-order chi connectivity index (χ0) is 18.2. The van der Waals surface area contributed by atoms with Gasteiger partial charge in [-0.25, -0.2) is 9.48 Å². The van der Waals surface area contributed by atoms with Gasteiger partial charge in [-0.1, -0.05) is 6.07 Å². The molecule has 0 N–H and O–H groups in total. The molecule has 0 spiro atoms. The van der Waals surface area contributed by atoms with Crippen molar-refractivity contribution in [2.45, 2.75) is 20.0 Å². The quantitative estimate of drug-likeness (QED) is 0.673. The molecule has 25 heavy (non-hydrogen) atoms. The van der Waals surface area contributed by atoms with Crippen molar-refractivity contribution in [1.82, 2.24) is 14.8 Å². The number of hydrogen-bond acceptors (Lipinski definition) is 4. The van der Waals surface area contributed by atoms with Crippen LogP contribution in [0.15, 0.2) is 36.7 Å². The number of pyridine rings is 1. The van der Waals surface area contributed by atoms with E-state index in [-0.39, 0.29) is 12.3 Å². The standard InChI is InChI=1S/C17H14F3N3O2/c1-3-25-16(24)12-9-22-23(15(12)17(18,19)20)14-10(2)6-7-13-11(14)5-4-8-21-13/h4-9H,3H2,1-2H3. The van der Waals surface area contributed by atoms with E-state index in [1.54, 1.807) is 37.4 Å². The van der Waals surface area contributed by atoms with Gasteiger partial charge >= 0.3 is 12.1 Å². The van der Waals surface area contributed by atoms with Crippen molar-refractivity contribution in [2.75, 3.05) is 6.61 Å². The lowest BCUT2D eigenvalue weighted by atomic mass is 10.1. The van der Waals surface area contributed by atoms with Crippen molar-refractivity contribution in [2.24, 2.45) is 0 Å². The number of carbonyl (C=O) groups excluding carboxylic acids is 1. The number of rotatable bonds is 3. The predicted octanol–water partition coefficient (Wildman–Crippen LogP) is 3.92. The SMILES string of the molecule is CCOC(=O)c1cnn(-c2c(C)ccc3ncccc23)c1C(F)(F)F. The third kappa shape index (κ3) is 2.95. The molecule has 3 rings (SSSR count). The van der Waals surface area contributed by atoms with Crippen LogP contribution in [0.2, 0.25) is 0 Å². The molecule has 0 aliphatic carbocycles. The van der Waals surface area contributed by atoms with Gasteiger partial charge in [-0.2, -0.15) is 18.3 Å². The summed E-state index contributed by atoms with van der Waals surface area (Å²) >= 11 is 0. The van der Waals surface area contributed by atoms with Gasteiger partial charge in [0, 0.05) is 11.6 Å². The fraction of sp³-hybridized carbons (Fsp3) is 0.235. The Morgan fingerprint density at radius 3 is 2.72 bits per heavy atom. The van der Waals surface area contributed by atoms with Crippen LogP contribution in [0, 0.1) is 6.92 Å². The van der Waals surface area contributed by atoms with Crippen LogP contribution in [0.3, 0.4) is 0 Å². The molecule has 1 aromatic carbocycles. The number of esters is 1. The summed E-state index contributed by atoms with van der Waals surface area (Å²) in [4.78, 5) is 16.1. The van der Waals surface area contributed by atoms with Gasteiger partial charge < -0.3 is 4.74 Å². The minimum atomic E-state index is -4.78. The molecule has 0 amide bonds. The lowest BCUT2D eigenvalue weighted by molar-refractivity contribution is -0.143. The molecule has 0 radical (unpaired) electrons. The fourth-order valence-corrected chi connectivity index (χ4v) is 2.68. The molecule has 0 saturated carbocycles. The molecule has 0 unspecified atom stereocenters. The minimum Gasteiger partial charge on any atom is -0.462 e. The van der Waals surface area contributed by atoms with Crippen molar-refractivity contribution in [3.63, 3.8) is 0 Å². The highest BCUT2D eigenvalue weighted by Crippen LogP contribution is 2.36. The van der Waals surface area contributed by atoms with Crippen LogP contribution in [-0.2, 0) is 10.9 Å². The number of alkyl halides is 3. The van der Waals surface area contributed by atoms with E-state index >= 15 is 0 Å². The maximum absolute atomic E-state index is 13.7. The summed E-state index contributed by atoms with van der Waals surface area (Å²) < 4.78 is 46.5. The van der Waals surface area contributed by atoms with Gasteiger partial charge in [0.1, 0.15) is 5.56 Å². The molecule has 0 aliphatic heterocycles. The lowest BCUT2D eigenvalue weighted by Gasteiger charge is -2.15. The average Bonchev–Trinajstić information content (AvgIpc) is 3.00. The number of nitrogens with zero attached hydrogens (tertiary/aromatic N) is 3. The molecular formula is C17H14F3N3O2. The summed E-state index contributed by atoms with van der Waals surface area (Å²) in [6.07, 6.45) is -2.34. The van der Waals surface area contributed by atoms with Crippen LogP contribution in [0.5, 0.6) is 0 Å². The normalized spacial score (nSPS) is 11.7. The number of halogens is 3. The second kappa shape index (κ2) is 6.19. The van der Waals surface area contributed by atoms with Crippen molar-refractivity contribution in [3.8, 4) is 5.69 Å². The van der Waals surface area contributed by atoms with E-state index in [0.717, 1.165) is 10.9 Å². The van der Waals surface area contributed by atoms with Crippen LogP contribution in [-0.4, -0.2) is 27.3 Å². The highest BCUT2D eigenvalue weighted by atomic mass is 19.4. The third-order valence-corrected chi connectivity index (χ3v) is 3.70. The van der Waals surface area contributed by atoms with Gasteiger partial charge in [0.25, 0.3) is 0 Å². The van der Waals surface area contributed by atoms with E-state index in [1.165, 1.54) is 6.92 Å². The second-order valence-corrected chi connectivity index (χ2v) is 5.34. The van der Waals surface area contributed by atoms with Crippen LogP contribution < -0.4 is 0 Å². The van der Waals surface area contributed by atoms with Crippen molar-refractivity contribution in [1.29, 1.82) is 0 Å². The van der Waals surface area contributed by atoms with Gasteiger partial charge in [-0.3, -0.25) is 4.98 Å². The molecule has 0 atom stereocenters. The Morgan fingerprint density at radius 2 is 2.04 bits per heavy atom. The zero-order valence-electron chi connectivity index (χ0n) is 13.5. The highest BCUT2D eigenvalue weighted by molar-refractivity contribution is 5.92. The zero-order valence-corrected chi connectivity index (χ0v) is 13.5. The first-order valence-electron chi connectivity index (χ1n) is 7.51. The molecule has 8 heteroatoms. The van der Waals surface area contributed by atoms with E-state index in [2.05, 4.69) is 10.1 Å². The van der Waals surface area contributed by atoms with Gasteiger partial charge in [-0.15, -0.1) is 0 Å². The molecule has 2 heterocycles. The fourth-order valence-electron chi connectivity index (χ4n) is 2.68. The number of aromatic nitrogens is 3. The third-order valence-electron chi connectivity index (χ3n) is 3.70. The van der Waals surface area contributed by atoms with Crippen LogP contribution in [0.4, 0.5) is 13.2 Å². The Labute approximate surface area is 141 Å². The van der Waals surface area contributed by atoms with Crippen LogP contribution in [0.1, 0.15) is 28.5 Å². The number of fused-ring (bicyclic) bond motifs is 1. The first-order valence-corrected chi connectivity index (χ1v) is 7.51. The van der Waals surface area contributed by atoms with Gasteiger partial charge in [0.05, 0.1) is 24.0 Å². The Hall–Kier alpha value is -2.90. The van der Waals surface area contributed by atoms with E-state index in [1.807, 2.05) is 0 Å². The monoisotopic (exact) mass is 349 g/mol. The number of hydrogen-bond donors (Lipinski definition) is 0. The van der Waals surface area contributed by atoms with E-state index < -0.39 is 23.4 Å². The lowest BCUT2D eigenvalue weighted by Crippen LogP contribution is -2.19. The molecule has 2 aromatic heterocycles. The Morgan fingerprint density at radius 1 is 1.28 bits per heavy atom. The summed E-state index contributed by atoms with van der Waals surface area (Å²) in [5, 5.41) is 4.34. The second-order valence-electron chi connectivity index (χ2n) is 5.34. The topological polar surface area (TPSA) is 57.0 Å². The molecule has 0 fully saturated rings. The van der Waals surface area contributed by atoms with Crippen LogP contribution >= 0.6 is 0 Å². The van der Waals surface area contributed by atoms with Gasteiger partial charge in [-0.05, 0) is 37.6 Å². The Balaban J connectivity index is 2.33. The summed E-state index contributed by atoms with van der Waals surface area (Å²) in [7, 11) is 0. The van der Waals surface area contributed by atoms with E-state index in [0.29, 0.717) is 16.5 Å². The van der Waals surface area contributed by atoms with E-state index in [4.69, 9.17) is 4.74 Å². The summed E-state index contributed by atoms with van der Waals surface area (Å²) in [6.45, 7) is 3.17. The smallest absolute Gasteiger partial charge is 0.434 e. The molecule has 0 saturated heterocycles. The van der Waals surface area contributed by atoms with Gasteiger partial charge in [0.2, 0.25) is 0 Å². The molecule has 130 valence electrons. The van der Waals surface area contributed by atoms with Crippen molar-refractivity contribution < 1.29 is 22.7 Å². The maximum atomic E-state index is 13.7. The summed E-state index contributed by atoms with van der Waals surface area (Å²) in [5.74, 6) is -1.06. The van der Waals surface area contributed by atoms with Crippen molar-refractivity contribution >= 4 is 16.9 Å². The highest BCUT2D eigenvalue weighted by Gasteiger charge is 2.41. The first-order chi connectivity index (χ1) is 11.8. The largest absolute Gasteiger partial charge is 0.462 e. The average molecular weight is 349 g/mol. The minimum absolute atomic E-state index is 0.0292. The molecule has 5 nitrogen and oxygen atoms in total. The number of ether oxygens (including phenoxy) is 1. The predicted molar refractivity (Wildman–Crippen MR) is 84.6 cm³/mol. The first kappa shape index (κ1) is 16.9. The Kier molecular flexibility index (Phi) is 4.20. The number of aryl methyl sites for hydroxylation is 1. The Bertz CT molecular complexity index is 948. The van der Waals surface area contributed by atoms with Gasteiger partial charge in [0.15, 0.2) is 5.69 Å². The molecule has 3 aromatic rings. The molecule has 0 bridgehead atoms. The summed E-state index contributed by atoms with van der Waals surface area (Å²) in [6, 6.07) is 6.68. The molecule has 0 aliphatic rings. The number of carbonyl (C=O) groups is 1. The summed E-state index contributed by atoms with van der Waals surface area (Å²) in [5.41, 5.74) is -0.442. The van der Waals surface area contributed by atoms with Crippen LogP contribution in [0.25, 0.3) is 16.6 Å². The van der Waals surface area contributed by atoms with Crippen molar-refractivity contribution in [3.05, 3.63) is 53.5 Å².